The third-order valence-electron chi connectivity index (χ3n) is 5.73. The third-order valence-corrected chi connectivity index (χ3v) is 5.73. The lowest BCUT2D eigenvalue weighted by molar-refractivity contribution is 0.0842. The zero-order valence-electron chi connectivity index (χ0n) is 15.6. The van der Waals surface area contributed by atoms with Crippen molar-refractivity contribution in [2.24, 2.45) is 0 Å². The van der Waals surface area contributed by atoms with E-state index in [2.05, 4.69) is 33.0 Å². The van der Waals surface area contributed by atoms with E-state index >= 15 is 0 Å². The second-order valence-electron chi connectivity index (χ2n) is 7.50. The SMILES string of the molecule is Cc1cc(-n2c(C3CCOCC3)cc3cc4n[nH]c(C)c4cc32)ccc1F. The first-order chi connectivity index (χ1) is 13.1. The summed E-state index contributed by atoms with van der Waals surface area (Å²) in [5, 5.41) is 9.77. The number of nitrogens with zero attached hydrogens (tertiary/aromatic N) is 2. The molecule has 3 heterocycles. The van der Waals surface area contributed by atoms with Crippen LogP contribution in [-0.2, 0) is 4.74 Å². The van der Waals surface area contributed by atoms with Gasteiger partial charge in [0.05, 0.1) is 11.0 Å². The summed E-state index contributed by atoms with van der Waals surface area (Å²) in [5.74, 6) is 0.266. The lowest BCUT2D eigenvalue weighted by Gasteiger charge is -2.24. The minimum atomic E-state index is -0.170. The average Bonchev–Trinajstić information content (AvgIpc) is 3.23. The molecular weight excluding hydrogens is 341 g/mol. The van der Waals surface area contributed by atoms with Gasteiger partial charge in [-0.25, -0.2) is 4.39 Å². The first-order valence-corrected chi connectivity index (χ1v) is 9.46. The summed E-state index contributed by atoms with van der Waals surface area (Å²) in [6.45, 7) is 5.43. The quantitative estimate of drug-likeness (QED) is 0.535. The van der Waals surface area contributed by atoms with Crippen LogP contribution in [-0.4, -0.2) is 28.0 Å². The van der Waals surface area contributed by atoms with E-state index in [4.69, 9.17) is 4.74 Å². The highest BCUT2D eigenvalue weighted by Gasteiger charge is 2.23. The molecule has 5 rings (SSSR count). The molecule has 4 aromatic rings. The van der Waals surface area contributed by atoms with Gasteiger partial charge in [-0.05, 0) is 68.7 Å². The highest BCUT2D eigenvalue weighted by molar-refractivity contribution is 5.97. The fourth-order valence-corrected chi connectivity index (χ4v) is 4.21. The van der Waals surface area contributed by atoms with Crippen molar-refractivity contribution in [1.29, 1.82) is 0 Å². The van der Waals surface area contributed by atoms with E-state index in [1.807, 2.05) is 26.0 Å². The van der Waals surface area contributed by atoms with Crippen LogP contribution in [0.15, 0.2) is 36.4 Å². The van der Waals surface area contributed by atoms with Gasteiger partial charge < -0.3 is 9.30 Å². The Labute approximate surface area is 156 Å². The van der Waals surface area contributed by atoms with Gasteiger partial charge in [-0.1, -0.05) is 0 Å². The van der Waals surface area contributed by atoms with E-state index in [9.17, 15) is 4.39 Å². The van der Waals surface area contributed by atoms with Crippen molar-refractivity contribution in [3.8, 4) is 5.69 Å². The number of fused-ring (bicyclic) bond motifs is 2. The van der Waals surface area contributed by atoms with Crippen LogP contribution in [0, 0.1) is 19.7 Å². The van der Waals surface area contributed by atoms with E-state index in [1.165, 1.54) is 5.69 Å². The van der Waals surface area contributed by atoms with Crippen LogP contribution < -0.4 is 0 Å². The number of aromatic nitrogens is 3. The Hall–Kier alpha value is -2.66. The number of aryl methyl sites for hydroxylation is 2. The number of hydrogen-bond donors (Lipinski definition) is 1. The van der Waals surface area contributed by atoms with Crippen LogP contribution in [0.4, 0.5) is 4.39 Å². The molecule has 0 saturated carbocycles. The van der Waals surface area contributed by atoms with Gasteiger partial charge in [-0.2, -0.15) is 5.10 Å². The van der Waals surface area contributed by atoms with E-state index in [1.54, 1.807) is 6.07 Å². The summed E-state index contributed by atoms with van der Waals surface area (Å²) in [6.07, 6.45) is 2.01. The van der Waals surface area contributed by atoms with Gasteiger partial charge >= 0.3 is 0 Å². The van der Waals surface area contributed by atoms with E-state index < -0.39 is 0 Å². The first kappa shape index (κ1) is 16.5. The summed E-state index contributed by atoms with van der Waals surface area (Å²) in [6, 6.07) is 12.0. The van der Waals surface area contributed by atoms with E-state index in [0.717, 1.165) is 59.2 Å². The Bertz CT molecular complexity index is 1150. The van der Waals surface area contributed by atoms with Crippen molar-refractivity contribution in [2.45, 2.75) is 32.6 Å². The highest BCUT2D eigenvalue weighted by atomic mass is 19.1. The zero-order chi connectivity index (χ0) is 18.5. The monoisotopic (exact) mass is 363 g/mol. The maximum absolute atomic E-state index is 13.9. The van der Waals surface area contributed by atoms with Crippen molar-refractivity contribution in [3.05, 3.63) is 59.2 Å². The number of benzene rings is 2. The fraction of sp³-hybridized carbons (Fsp3) is 0.318. The standard InChI is InChI=1S/C22H22FN3O/c1-13-9-17(3-4-19(13)23)26-21(15-5-7-27-8-6-15)11-16-10-20-18(12-22(16)26)14(2)24-25-20/h3-4,9-12,15H,5-8H2,1-2H3,(H,24,25). The van der Waals surface area contributed by atoms with Gasteiger partial charge in [0.15, 0.2) is 0 Å². The number of aromatic amines is 1. The largest absolute Gasteiger partial charge is 0.381 e. The molecule has 0 amide bonds. The number of hydrogen-bond acceptors (Lipinski definition) is 2. The second-order valence-corrected chi connectivity index (χ2v) is 7.50. The molecule has 0 spiro atoms. The lowest BCUT2D eigenvalue weighted by Crippen LogP contribution is -2.16. The summed E-state index contributed by atoms with van der Waals surface area (Å²) in [4.78, 5) is 0. The Kier molecular flexibility index (Phi) is 3.79. The number of ether oxygens (including phenoxy) is 1. The van der Waals surface area contributed by atoms with Crippen molar-refractivity contribution in [1.82, 2.24) is 14.8 Å². The topological polar surface area (TPSA) is 42.8 Å². The van der Waals surface area contributed by atoms with Crippen LogP contribution >= 0.6 is 0 Å². The van der Waals surface area contributed by atoms with Gasteiger partial charge in [0.25, 0.3) is 0 Å². The Balaban J connectivity index is 1.80. The van der Waals surface area contributed by atoms with Crippen LogP contribution in [0.3, 0.4) is 0 Å². The molecule has 1 aliphatic rings. The fourth-order valence-electron chi connectivity index (χ4n) is 4.21. The molecule has 2 aromatic heterocycles. The van der Waals surface area contributed by atoms with Crippen molar-refractivity contribution in [3.63, 3.8) is 0 Å². The second kappa shape index (κ2) is 6.20. The number of rotatable bonds is 2. The molecule has 4 nitrogen and oxygen atoms in total. The molecular formula is C22H22FN3O. The van der Waals surface area contributed by atoms with Crippen molar-refractivity contribution >= 4 is 21.8 Å². The summed E-state index contributed by atoms with van der Waals surface area (Å²) < 4.78 is 21.8. The maximum Gasteiger partial charge on any atom is 0.126 e. The average molecular weight is 363 g/mol. The first-order valence-electron chi connectivity index (χ1n) is 9.46. The predicted octanol–water partition coefficient (Wildman–Crippen LogP) is 5.16. The summed E-state index contributed by atoms with van der Waals surface area (Å²) >= 11 is 0. The van der Waals surface area contributed by atoms with Gasteiger partial charge in [-0.3, -0.25) is 5.10 Å². The van der Waals surface area contributed by atoms with Crippen LogP contribution in [0.1, 0.15) is 35.7 Å². The smallest absolute Gasteiger partial charge is 0.126 e. The van der Waals surface area contributed by atoms with E-state index in [-0.39, 0.29) is 5.82 Å². The van der Waals surface area contributed by atoms with Gasteiger partial charge in [0.2, 0.25) is 0 Å². The molecule has 0 atom stereocenters. The van der Waals surface area contributed by atoms with Crippen molar-refractivity contribution < 1.29 is 9.13 Å². The molecule has 1 saturated heterocycles. The lowest BCUT2D eigenvalue weighted by atomic mass is 9.96. The minimum absolute atomic E-state index is 0.170. The van der Waals surface area contributed by atoms with E-state index in [0.29, 0.717) is 11.5 Å². The van der Waals surface area contributed by atoms with Gasteiger partial charge in [0.1, 0.15) is 5.82 Å². The third kappa shape index (κ3) is 2.65. The molecule has 138 valence electrons. The Morgan fingerprint density at radius 3 is 2.70 bits per heavy atom. The van der Waals surface area contributed by atoms with Gasteiger partial charge in [-0.15, -0.1) is 0 Å². The molecule has 0 unspecified atom stereocenters. The van der Waals surface area contributed by atoms with Crippen LogP contribution in [0.5, 0.6) is 0 Å². The minimum Gasteiger partial charge on any atom is -0.381 e. The molecule has 1 fully saturated rings. The molecule has 5 heteroatoms. The number of H-pyrrole nitrogens is 1. The normalized spacial score (nSPS) is 15.8. The predicted molar refractivity (Wildman–Crippen MR) is 105 cm³/mol. The summed E-state index contributed by atoms with van der Waals surface area (Å²) in [5.41, 5.74) is 6.11. The highest BCUT2D eigenvalue weighted by Crippen LogP contribution is 2.36. The summed E-state index contributed by atoms with van der Waals surface area (Å²) in [7, 11) is 0. The molecule has 27 heavy (non-hydrogen) atoms. The van der Waals surface area contributed by atoms with Crippen molar-refractivity contribution in [2.75, 3.05) is 13.2 Å². The van der Waals surface area contributed by atoms with Crippen LogP contribution in [0.2, 0.25) is 0 Å². The molecule has 2 aromatic carbocycles. The molecule has 0 aliphatic carbocycles. The maximum atomic E-state index is 13.9. The number of halogens is 1. The van der Waals surface area contributed by atoms with Crippen LogP contribution in [0.25, 0.3) is 27.5 Å². The molecule has 1 N–H and O–H groups in total. The Morgan fingerprint density at radius 1 is 1.11 bits per heavy atom. The zero-order valence-corrected chi connectivity index (χ0v) is 15.6. The van der Waals surface area contributed by atoms with Gasteiger partial charge in [0, 0.05) is 47.0 Å². The molecule has 0 radical (unpaired) electrons. The molecule has 1 aliphatic heterocycles. The Morgan fingerprint density at radius 2 is 1.93 bits per heavy atom. The molecule has 0 bridgehead atoms. The number of nitrogens with one attached hydrogen (secondary N) is 1.